The molecular weight excluding hydrogens is 268 g/mol. The number of carbonyl (C=O) groups is 2. The van der Waals surface area contributed by atoms with E-state index in [1.54, 1.807) is 13.8 Å². The van der Waals surface area contributed by atoms with Crippen LogP contribution >= 0.6 is 11.6 Å². The quantitative estimate of drug-likeness (QED) is 0.637. The third-order valence-corrected chi connectivity index (χ3v) is 4.60. The van der Waals surface area contributed by atoms with Crippen LogP contribution in [-0.4, -0.2) is 23.7 Å². The number of hydrogen-bond donors (Lipinski definition) is 1. The summed E-state index contributed by atoms with van der Waals surface area (Å²) in [5.74, 6) is -1.64. The molecule has 0 radical (unpaired) electrons. The van der Waals surface area contributed by atoms with E-state index in [2.05, 4.69) is 0 Å². The predicted molar refractivity (Wildman–Crippen MR) is 70.6 cm³/mol. The summed E-state index contributed by atoms with van der Waals surface area (Å²) in [4.78, 5) is 23.6. The summed E-state index contributed by atoms with van der Waals surface area (Å²) >= 11 is 6.05. The molecular formula is C14H19ClO4. The minimum Gasteiger partial charge on any atom is -0.481 e. The molecule has 1 N–H and O–H groups in total. The van der Waals surface area contributed by atoms with E-state index in [9.17, 15) is 14.7 Å². The van der Waals surface area contributed by atoms with Crippen molar-refractivity contribution >= 4 is 23.5 Å². The van der Waals surface area contributed by atoms with Gasteiger partial charge >= 0.3 is 11.9 Å². The van der Waals surface area contributed by atoms with Crippen molar-refractivity contribution in [2.24, 2.45) is 23.7 Å². The molecule has 0 heterocycles. The highest BCUT2D eigenvalue weighted by Gasteiger charge is 2.53. The number of allylic oxidation sites excluding steroid dienone is 1. The molecule has 5 heteroatoms. The van der Waals surface area contributed by atoms with Crippen molar-refractivity contribution in [3.8, 4) is 0 Å². The molecule has 2 bridgehead atoms. The van der Waals surface area contributed by atoms with Crippen LogP contribution < -0.4 is 0 Å². The molecule has 106 valence electrons. The van der Waals surface area contributed by atoms with Crippen molar-refractivity contribution in [1.82, 2.24) is 0 Å². The van der Waals surface area contributed by atoms with Crippen LogP contribution in [0.3, 0.4) is 0 Å². The van der Waals surface area contributed by atoms with E-state index in [1.165, 1.54) is 0 Å². The van der Waals surface area contributed by atoms with Crippen molar-refractivity contribution in [3.63, 3.8) is 0 Å². The number of carboxylic acids is 1. The number of ether oxygens (including phenoxy) is 1. The minimum absolute atomic E-state index is 0.174. The van der Waals surface area contributed by atoms with E-state index in [1.807, 2.05) is 0 Å². The Morgan fingerprint density at radius 2 is 1.84 bits per heavy atom. The van der Waals surface area contributed by atoms with Crippen molar-refractivity contribution in [3.05, 3.63) is 10.6 Å². The van der Waals surface area contributed by atoms with Gasteiger partial charge in [0.1, 0.15) is 0 Å². The van der Waals surface area contributed by atoms with Crippen LogP contribution in [0, 0.1) is 23.7 Å². The molecule has 2 fully saturated rings. The van der Waals surface area contributed by atoms with Crippen LogP contribution in [0.2, 0.25) is 0 Å². The van der Waals surface area contributed by atoms with E-state index in [-0.39, 0.29) is 24.4 Å². The molecule has 2 aliphatic carbocycles. The number of rotatable bonds is 4. The van der Waals surface area contributed by atoms with E-state index < -0.39 is 17.9 Å². The molecule has 0 aromatic heterocycles. The average Bonchev–Trinajstić information content (AvgIpc) is 2.89. The zero-order valence-corrected chi connectivity index (χ0v) is 11.9. The van der Waals surface area contributed by atoms with Gasteiger partial charge in [0, 0.05) is 11.0 Å². The normalized spacial score (nSPS) is 34.1. The predicted octanol–water partition coefficient (Wildman–Crippen LogP) is 2.81. The zero-order valence-electron chi connectivity index (χ0n) is 11.2. The Bertz CT molecular complexity index is 425. The SMILES string of the molecule is CCOC(=O)/C(=C(/C)Cl)[C@H]1[C@@H]2CC[C@@H](C2)[C@H]1C(=O)O. The van der Waals surface area contributed by atoms with Crippen molar-refractivity contribution in [2.75, 3.05) is 6.61 Å². The number of fused-ring (bicyclic) bond motifs is 2. The molecule has 19 heavy (non-hydrogen) atoms. The van der Waals surface area contributed by atoms with Crippen LogP contribution in [0.25, 0.3) is 0 Å². The van der Waals surface area contributed by atoms with Gasteiger partial charge in [-0.2, -0.15) is 0 Å². The van der Waals surface area contributed by atoms with Crippen LogP contribution in [0.5, 0.6) is 0 Å². The number of carbonyl (C=O) groups excluding carboxylic acids is 1. The summed E-state index contributed by atoms with van der Waals surface area (Å²) in [6, 6.07) is 0. The highest BCUT2D eigenvalue weighted by molar-refractivity contribution is 6.31. The number of aliphatic carboxylic acids is 1. The molecule has 0 spiro atoms. The largest absolute Gasteiger partial charge is 0.481 e. The lowest BCUT2D eigenvalue weighted by Gasteiger charge is -2.29. The number of carboxylic acid groups (broad SMARTS) is 1. The van der Waals surface area contributed by atoms with Gasteiger partial charge in [-0.3, -0.25) is 4.79 Å². The number of hydrogen-bond acceptors (Lipinski definition) is 3. The molecule has 0 aliphatic heterocycles. The Labute approximate surface area is 117 Å². The molecule has 2 aliphatic rings. The molecule has 2 saturated carbocycles. The second kappa shape index (κ2) is 5.53. The van der Waals surface area contributed by atoms with Gasteiger partial charge in [-0.25, -0.2) is 4.79 Å². The van der Waals surface area contributed by atoms with Gasteiger partial charge in [0.15, 0.2) is 0 Å². The molecule has 0 aromatic rings. The standard InChI is InChI=1S/C14H19ClO4/c1-3-19-14(18)10(7(2)15)11-8-4-5-9(6-8)12(11)13(16)17/h8-9,11-12H,3-6H2,1-2H3,(H,16,17)/b10-7-/t8-,9+,11-,12-/m1/s1. The summed E-state index contributed by atoms with van der Waals surface area (Å²) in [7, 11) is 0. The number of halogens is 1. The topological polar surface area (TPSA) is 63.6 Å². The molecule has 4 atom stereocenters. The first-order valence-electron chi connectivity index (χ1n) is 6.73. The second-order valence-electron chi connectivity index (χ2n) is 5.39. The zero-order chi connectivity index (χ0) is 14.2. The van der Waals surface area contributed by atoms with Gasteiger partial charge in [-0.05, 0) is 44.9 Å². The third kappa shape index (κ3) is 2.50. The summed E-state index contributed by atoms with van der Waals surface area (Å²) in [6.07, 6.45) is 2.80. The molecule has 0 unspecified atom stereocenters. The van der Waals surface area contributed by atoms with Crippen molar-refractivity contribution in [1.29, 1.82) is 0 Å². The maximum atomic E-state index is 12.1. The van der Waals surface area contributed by atoms with E-state index >= 15 is 0 Å². The summed E-state index contributed by atoms with van der Waals surface area (Å²) in [5.41, 5.74) is 0.378. The monoisotopic (exact) mass is 286 g/mol. The lowest BCUT2D eigenvalue weighted by molar-refractivity contribution is -0.146. The molecule has 0 saturated heterocycles. The Hall–Kier alpha value is -1.03. The van der Waals surface area contributed by atoms with Crippen LogP contribution in [-0.2, 0) is 14.3 Å². The first-order valence-corrected chi connectivity index (χ1v) is 7.11. The Morgan fingerprint density at radius 1 is 1.26 bits per heavy atom. The fourth-order valence-electron chi connectivity index (χ4n) is 3.78. The molecule has 2 rings (SSSR count). The Balaban J connectivity index is 2.34. The number of esters is 1. The summed E-state index contributed by atoms with van der Waals surface area (Å²) in [6.45, 7) is 3.64. The van der Waals surface area contributed by atoms with Crippen molar-refractivity contribution < 1.29 is 19.4 Å². The van der Waals surface area contributed by atoms with Gasteiger partial charge in [-0.1, -0.05) is 11.6 Å². The van der Waals surface area contributed by atoms with E-state index in [0.29, 0.717) is 10.6 Å². The smallest absolute Gasteiger partial charge is 0.335 e. The lowest BCUT2D eigenvalue weighted by atomic mass is 9.75. The van der Waals surface area contributed by atoms with E-state index in [4.69, 9.17) is 16.3 Å². The molecule has 0 aromatic carbocycles. The fourth-order valence-corrected chi connectivity index (χ4v) is 3.98. The average molecular weight is 287 g/mol. The van der Waals surface area contributed by atoms with Crippen molar-refractivity contribution in [2.45, 2.75) is 33.1 Å². The highest BCUT2D eigenvalue weighted by Crippen LogP contribution is 2.55. The minimum atomic E-state index is -0.822. The van der Waals surface area contributed by atoms with Crippen LogP contribution in [0.15, 0.2) is 10.6 Å². The van der Waals surface area contributed by atoms with Gasteiger partial charge in [0.2, 0.25) is 0 Å². The summed E-state index contributed by atoms with van der Waals surface area (Å²) in [5, 5.41) is 9.79. The maximum absolute atomic E-state index is 12.1. The molecule has 4 nitrogen and oxygen atoms in total. The van der Waals surface area contributed by atoms with Crippen LogP contribution in [0.4, 0.5) is 0 Å². The molecule has 0 amide bonds. The Morgan fingerprint density at radius 3 is 2.32 bits per heavy atom. The van der Waals surface area contributed by atoms with Crippen LogP contribution in [0.1, 0.15) is 33.1 Å². The lowest BCUT2D eigenvalue weighted by Crippen LogP contribution is -2.33. The summed E-state index contributed by atoms with van der Waals surface area (Å²) < 4.78 is 5.04. The van der Waals surface area contributed by atoms with Gasteiger partial charge in [0.05, 0.1) is 18.1 Å². The third-order valence-electron chi connectivity index (χ3n) is 4.40. The first kappa shape index (κ1) is 14.4. The second-order valence-corrected chi connectivity index (χ2v) is 5.96. The fraction of sp³-hybridized carbons (Fsp3) is 0.714. The first-order chi connectivity index (χ1) is 8.97. The highest BCUT2D eigenvalue weighted by atomic mass is 35.5. The Kier molecular flexibility index (Phi) is 4.19. The van der Waals surface area contributed by atoms with E-state index in [0.717, 1.165) is 19.3 Å². The van der Waals surface area contributed by atoms with Gasteiger partial charge in [-0.15, -0.1) is 0 Å². The van der Waals surface area contributed by atoms with Gasteiger partial charge < -0.3 is 9.84 Å². The maximum Gasteiger partial charge on any atom is 0.335 e. The van der Waals surface area contributed by atoms with Gasteiger partial charge in [0.25, 0.3) is 0 Å².